The first-order chi connectivity index (χ1) is 8.25. The SMILES string of the molecule is CC(NC1CC(=O)N2CCCC12)c1ccsc1. The largest absolute Gasteiger partial charge is 0.338 e. The summed E-state index contributed by atoms with van der Waals surface area (Å²) >= 11 is 1.73. The highest BCUT2D eigenvalue weighted by atomic mass is 32.1. The van der Waals surface area contributed by atoms with E-state index in [0.29, 0.717) is 30.5 Å². The minimum atomic E-state index is 0.336. The predicted molar refractivity (Wildman–Crippen MR) is 69.0 cm³/mol. The molecule has 92 valence electrons. The maximum Gasteiger partial charge on any atom is 0.224 e. The number of amides is 1. The van der Waals surface area contributed by atoms with E-state index >= 15 is 0 Å². The molecule has 3 nitrogen and oxygen atoms in total. The highest BCUT2D eigenvalue weighted by Crippen LogP contribution is 2.30. The summed E-state index contributed by atoms with van der Waals surface area (Å²) in [5.74, 6) is 0.336. The average Bonchev–Trinajstić information content (AvgIpc) is 3.00. The maximum absolute atomic E-state index is 11.8. The fraction of sp³-hybridized carbons (Fsp3) is 0.615. The van der Waals surface area contributed by atoms with Gasteiger partial charge in [0.15, 0.2) is 0 Å². The monoisotopic (exact) mass is 250 g/mol. The third-order valence-electron chi connectivity index (χ3n) is 3.99. The zero-order chi connectivity index (χ0) is 11.8. The fourth-order valence-electron chi connectivity index (χ4n) is 3.07. The molecule has 2 fully saturated rings. The van der Waals surface area contributed by atoms with Crippen LogP contribution < -0.4 is 5.32 Å². The predicted octanol–water partition coefficient (Wildman–Crippen LogP) is 2.16. The summed E-state index contributed by atoms with van der Waals surface area (Å²) < 4.78 is 0. The van der Waals surface area contributed by atoms with Crippen LogP contribution in [0.2, 0.25) is 0 Å². The van der Waals surface area contributed by atoms with Crippen LogP contribution >= 0.6 is 11.3 Å². The number of fused-ring (bicyclic) bond motifs is 1. The van der Waals surface area contributed by atoms with E-state index < -0.39 is 0 Å². The Labute approximate surface area is 106 Å². The molecule has 3 heterocycles. The summed E-state index contributed by atoms with van der Waals surface area (Å²) in [6.45, 7) is 3.15. The average molecular weight is 250 g/mol. The lowest BCUT2D eigenvalue weighted by molar-refractivity contribution is -0.127. The van der Waals surface area contributed by atoms with E-state index in [1.165, 1.54) is 18.4 Å². The van der Waals surface area contributed by atoms with Crippen molar-refractivity contribution in [2.45, 2.75) is 44.3 Å². The first kappa shape index (κ1) is 11.2. The number of carbonyl (C=O) groups excluding carboxylic acids is 1. The van der Waals surface area contributed by atoms with Crippen LogP contribution in [0.1, 0.15) is 37.8 Å². The van der Waals surface area contributed by atoms with Crippen molar-refractivity contribution in [1.29, 1.82) is 0 Å². The summed E-state index contributed by atoms with van der Waals surface area (Å²) in [6, 6.07) is 3.30. The van der Waals surface area contributed by atoms with Crippen molar-refractivity contribution in [2.75, 3.05) is 6.54 Å². The number of hydrogen-bond acceptors (Lipinski definition) is 3. The molecule has 0 radical (unpaired) electrons. The molecule has 2 aliphatic heterocycles. The first-order valence-corrected chi connectivity index (χ1v) is 7.27. The zero-order valence-corrected chi connectivity index (χ0v) is 10.9. The smallest absolute Gasteiger partial charge is 0.224 e. The lowest BCUT2D eigenvalue weighted by Gasteiger charge is -2.24. The van der Waals surface area contributed by atoms with Gasteiger partial charge >= 0.3 is 0 Å². The normalized spacial score (nSPS) is 29.7. The molecule has 4 heteroatoms. The van der Waals surface area contributed by atoms with E-state index in [4.69, 9.17) is 0 Å². The first-order valence-electron chi connectivity index (χ1n) is 6.33. The Morgan fingerprint density at radius 2 is 2.47 bits per heavy atom. The van der Waals surface area contributed by atoms with Gasteiger partial charge in [-0.15, -0.1) is 0 Å². The van der Waals surface area contributed by atoms with Gasteiger partial charge in [0.1, 0.15) is 0 Å². The van der Waals surface area contributed by atoms with E-state index in [9.17, 15) is 4.79 Å². The number of rotatable bonds is 3. The molecule has 0 bridgehead atoms. The van der Waals surface area contributed by atoms with Gasteiger partial charge in [-0.25, -0.2) is 0 Å². The number of thiophene rings is 1. The number of nitrogens with zero attached hydrogens (tertiary/aromatic N) is 1. The van der Waals surface area contributed by atoms with Crippen molar-refractivity contribution >= 4 is 17.2 Å². The summed E-state index contributed by atoms with van der Waals surface area (Å²) in [4.78, 5) is 13.9. The van der Waals surface area contributed by atoms with Crippen molar-refractivity contribution in [1.82, 2.24) is 10.2 Å². The second-order valence-corrected chi connectivity index (χ2v) is 5.83. The minimum absolute atomic E-state index is 0.336. The van der Waals surface area contributed by atoms with Gasteiger partial charge in [0, 0.05) is 31.1 Å². The second kappa shape index (κ2) is 4.42. The van der Waals surface area contributed by atoms with Gasteiger partial charge in [-0.1, -0.05) is 0 Å². The van der Waals surface area contributed by atoms with Crippen LogP contribution in [0.15, 0.2) is 16.8 Å². The van der Waals surface area contributed by atoms with E-state index in [1.807, 2.05) is 0 Å². The highest BCUT2D eigenvalue weighted by Gasteiger charge is 2.42. The van der Waals surface area contributed by atoms with Crippen LogP contribution in [-0.2, 0) is 4.79 Å². The van der Waals surface area contributed by atoms with Crippen molar-refractivity contribution in [3.8, 4) is 0 Å². The lowest BCUT2D eigenvalue weighted by Crippen LogP contribution is -2.40. The fourth-order valence-corrected chi connectivity index (χ4v) is 3.82. The molecule has 3 rings (SSSR count). The second-order valence-electron chi connectivity index (χ2n) is 5.05. The summed E-state index contributed by atoms with van der Waals surface area (Å²) in [5, 5.41) is 7.91. The molecule has 1 aromatic heterocycles. The Morgan fingerprint density at radius 1 is 1.59 bits per heavy atom. The molecular formula is C13H18N2OS. The molecule has 17 heavy (non-hydrogen) atoms. The van der Waals surface area contributed by atoms with Gasteiger partial charge in [0.25, 0.3) is 0 Å². The van der Waals surface area contributed by atoms with Gasteiger partial charge in [-0.3, -0.25) is 4.79 Å². The van der Waals surface area contributed by atoms with Gasteiger partial charge in [-0.2, -0.15) is 11.3 Å². The molecule has 0 spiro atoms. The molecule has 0 saturated carbocycles. The third-order valence-corrected chi connectivity index (χ3v) is 4.69. The molecular weight excluding hydrogens is 232 g/mol. The Bertz CT molecular complexity index is 404. The number of carbonyl (C=O) groups is 1. The van der Waals surface area contributed by atoms with Crippen molar-refractivity contribution < 1.29 is 4.79 Å². The van der Waals surface area contributed by atoms with E-state index in [1.54, 1.807) is 11.3 Å². The molecule has 3 unspecified atom stereocenters. The van der Waals surface area contributed by atoms with Gasteiger partial charge < -0.3 is 10.2 Å². The molecule has 1 aromatic rings. The Hall–Kier alpha value is -0.870. The van der Waals surface area contributed by atoms with Crippen LogP contribution in [0, 0.1) is 0 Å². The Morgan fingerprint density at radius 3 is 3.24 bits per heavy atom. The standard InChI is InChI=1S/C13H18N2OS/c1-9(10-4-6-17-8-10)14-11-7-13(16)15-5-2-3-12(11)15/h4,6,8-9,11-12,14H,2-3,5,7H2,1H3. The molecule has 1 amide bonds. The molecule has 0 aliphatic carbocycles. The van der Waals surface area contributed by atoms with Crippen LogP contribution in [0.3, 0.4) is 0 Å². The summed E-state index contributed by atoms with van der Waals surface area (Å²) in [6.07, 6.45) is 3.01. The van der Waals surface area contributed by atoms with Gasteiger partial charge in [0.2, 0.25) is 5.91 Å². The summed E-state index contributed by atoms with van der Waals surface area (Å²) in [7, 11) is 0. The number of hydrogen-bond donors (Lipinski definition) is 1. The van der Waals surface area contributed by atoms with Crippen molar-refractivity contribution in [3.63, 3.8) is 0 Å². The van der Waals surface area contributed by atoms with Crippen LogP contribution in [0.4, 0.5) is 0 Å². The van der Waals surface area contributed by atoms with Crippen molar-refractivity contribution in [3.05, 3.63) is 22.4 Å². The van der Waals surface area contributed by atoms with E-state index in [-0.39, 0.29) is 0 Å². The van der Waals surface area contributed by atoms with Gasteiger partial charge in [0.05, 0.1) is 0 Å². The number of nitrogens with one attached hydrogen (secondary N) is 1. The van der Waals surface area contributed by atoms with Crippen molar-refractivity contribution in [2.24, 2.45) is 0 Å². The van der Waals surface area contributed by atoms with E-state index in [2.05, 4.69) is 34.0 Å². The quantitative estimate of drug-likeness (QED) is 0.891. The molecule has 0 aromatic carbocycles. The molecule has 2 aliphatic rings. The summed E-state index contributed by atoms with van der Waals surface area (Å²) in [5.41, 5.74) is 1.33. The Balaban J connectivity index is 1.68. The zero-order valence-electron chi connectivity index (χ0n) is 10.1. The molecule has 2 saturated heterocycles. The van der Waals surface area contributed by atoms with Crippen LogP contribution in [0.5, 0.6) is 0 Å². The molecule has 1 N–H and O–H groups in total. The highest BCUT2D eigenvalue weighted by molar-refractivity contribution is 7.07. The Kier molecular flexibility index (Phi) is 2.92. The minimum Gasteiger partial charge on any atom is -0.338 e. The molecule has 3 atom stereocenters. The lowest BCUT2D eigenvalue weighted by atomic mass is 10.0. The van der Waals surface area contributed by atoms with Crippen LogP contribution in [0.25, 0.3) is 0 Å². The van der Waals surface area contributed by atoms with Gasteiger partial charge in [-0.05, 0) is 42.2 Å². The maximum atomic E-state index is 11.8. The van der Waals surface area contributed by atoms with E-state index in [0.717, 1.165) is 6.54 Å². The topological polar surface area (TPSA) is 32.3 Å². The van der Waals surface area contributed by atoms with Crippen LogP contribution in [-0.4, -0.2) is 29.4 Å². The third kappa shape index (κ3) is 2.00.